The van der Waals surface area contributed by atoms with Gasteiger partial charge in [0.05, 0.1) is 7.11 Å². The van der Waals surface area contributed by atoms with Crippen LogP contribution in [0.3, 0.4) is 0 Å². The molecule has 1 fully saturated rings. The Morgan fingerprint density at radius 3 is 2.89 bits per heavy atom. The third-order valence-electron chi connectivity index (χ3n) is 3.52. The van der Waals surface area contributed by atoms with E-state index >= 15 is 0 Å². The molecule has 0 saturated carbocycles. The molecule has 100 valence electrons. The third kappa shape index (κ3) is 2.93. The smallest absolute Gasteiger partial charge is 0.214 e. The van der Waals surface area contributed by atoms with E-state index in [9.17, 15) is 0 Å². The van der Waals surface area contributed by atoms with Crippen LogP contribution in [0.1, 0.15) is 20.3 Å². The van der Waals surface area contributed by atoms with E-state index in [4.69, 9.17) is 4.74 Å². The molecular weight excluding hydrogens is 226 g/mol. The Labute approximate surface area is 110 Å². The molecule has 0 aliphatic carbocycles. The molecule has 1 aromatic heterocycles. The Balaban J connectivity index is 2.02. The fourth-order valence-corrected chi connectivity index (χ4v) is 2.52. The van der Waals surface area contributed by atoms with Crippen LogP contribution in [0.2, 0.25) is 0 Å². The van der Waals surface area contributed by atoms with Crippen molar-refractivity contribution in [3.05, 3.63) is 18.2 Å². The molecule has 4 heteroatoms. The molecule has 18 heavy (non-hydrogen) atoms. The minimum atomic E-state index is 0.590. The molecule has 0 amide bonds. The van der Waals surface area contributed by atoms with E-state index in [0.717, 1.165) is 25.5 Å². The first-order valence-corrected chi connectivity index (χ1v) is 6.74. The standard InChI is InChI=1S/C14H23N3O/c1-4-8-16-9-10-17(11-12(16)2)13-6-5-7-14(15-13)18-3/h5-7,12H,4,8-11H2,1-3H3/t12-/m0/s1. The molecule has 0 unspecified atom stereocenters. The molecule has 0 N–H and O–H groups in total. The SMILES string of the molecule is CCCN1CCN(c2cccc(OC)n2)C[C@@H]1C. The van der Waals surface area contributed by atoms with Crippen molar-refractivity contribution < 1.29 is 4.74 Å². The minimum absolute atomic E-state index is 0.590. The Morgan fingerprint density at radius 1 is 1.39 bits per heavy atom. The fourth-order valence-electron chi connectivity index (χ4n) is 2.52. The molecule has 1 aromatic rings. The summed E-state index contributed by atoms with van der Waals surface area (Å²) in [5, 5.41) is 0. The number of hydrogen-bond donors (Lipinski definition) is 0. The zero-order valence-corrected chi connectivity index (χ0v) is 11.6. The van der Waals surface area contributed by atoms with Crippen molar-refractivity contribution in [1.29, 1.82) is 0 Å². The van der Waals surface area contributed by atoms with Gasteiger partial charge < -0.3 is 9.64 Å². The number of aromatic nitrogens is 1. The summed E-state index contributed by atoms with van der Waals surface area (Å²) in [6, 6.07) is 6.54. The van der Waals surface area contributed by atoms with E-state index < -0.39 is 0 Å². The molecule has 0 radical (unpaired) electrons. The zero-order valence-electron chi connectivity index (χ0n) is 11.6. The lowest BCUT2D eigenvalue weighted by molar-refractivity contribution is 0.189. The third-order valence-corrected chi connectivity index (χ3v) is 3.52. The average molecular weight is 249 g/mol. The van der Waals surface area contributed by atoms with E-state index in [0.29, 0.717) is 11.9 Å². The average Bonchev–Trinajstić information content (AvgIpc) is 2.41. The van der Waals surface area contributed by atoms with Crippen LogP contribution in [0.15, 0.2) is 18.2 Å². The van der Waals surface area contributed by atoms with Gasteiger partial charge in [-0.25, -0.2) is 0 Å². The summed E-state index contributed by atoms with van der Waals surface area (Å²) >= 11 is 0. The van der Waals surface area contributed by atoms with E-state index in [-0.39, 0.29) is 0 Å². The van der Waals surface area contributed by atoms with Gasteiger partial charge in [0.2, 0.25) is 5.88 Å². The molecule has 0 spiro atoms. The van der Waals surface area contributed by atoms with Crippen LogP contribution < -0.4 is 9.64 Å². The first-order chi connectivity index (χ1) is 8.74. The lowest BCUT2D eigenvalue weighted by atomic mass is 10.2. The topological polar surface area (TPSA) is 28.6 Å². The molecule has 0 bridgehead atoms. The second-order valence-corrected chi connectivity index (χ2v) is 4.87. The Morgan fingerprint density at radius 2 is 2.22 bits per heavy atom. The highest BCUT2D eigenvalue weighted by Gasteiger charge is 2.23. The van der Waals surface area contributed by atoms with Crippen molar-refractivity contribution >= 4 is 5.82 Å². The van der Waals surface area contributed by atoms with Gasteiger partial charge in [0, 0.05) is 31.7 Å². The molecule has 1 aliphatic heterocycles. The van der Waals surface area contributed by atoms with Gasteiger partial charge in [0.1, 0.15) is 5.82 Å². The van der Waals surface area contributed by atoms with Crippen molar-refractivity contribution in [2.75, 3.05) is 38.2 Å². The maximum Gasteiger partial charge on any atom is 0.214 e. The lowest BCUT2D eigenvalue weighted by Gasteiger charge is -2.40. The second kappa shape index (κ2) is 6.05. The van der Waals surface area contributed by atoms with Gasteiger partial charge in [-0.1, -0.05) is 13.0 Å². The van der Waals surface area contributed by atoms with E-state index in [1.165, 1.54) is 13.0 Å². The van der Waals surface area contributed by atoms with Crippen molar-refractivity contribution in [3.63, 3.8) is 0 Å². The van der Waals surface area contributed by atoms with Crippen LogP contribution in [0.25, 0.3) is 0 Å². The van der Waals surface area contributed by atoms with Gasteiger partial charge in [0.25, 0.3) is 0 Å². The summed E-state index contributed by atoms with van der Waals surface area (Å²) in [7, 11) is 1.66. The van der Waals surface area contributed by atoms with Gasteiger partial charge in [-0.2, -0.15) is 4.98 Å². The molecule has 4 nitrogen and oxygen atoms in total. The van der Waals surface area contributed by atoms with Gasteiger partial charge in [0.15, 0.2) is 0 Å². The first-order valence-electron chi connectivity index (χ1n) is 6.74. The second-order valence-electron chi connectivity index (χ2n) is 4.87. The van der Waals surface area contributed by atoms with Crippen molar-refractivity contribution in [2.45, 2.75) is 26.3 Å². The number of rotatable bonds is 4. The number of pyridine rings is 1. The molecule has 2 heterocycles. The van der Waals surface area contributed by atoms with E-state index in [1.807, 2.05) is 12.1 Å². The van der Waals surface area contributed by atoms with Crippen LogP contribution in [-0.2, 0) is 0 Å². The lowest BCUT2D eigenvalue weighted by Crippen LogP contribution is -2.52. The highest BCUT2D eigenvalue weighted by Crippen LogP contribution is 2.19. The number of methoxy groups -OCH3 is 1. The fraction of sp³-hybridized carbons (Fsp3) is 0.643. The van der Waals surface area contributed by atoms with Gasteiger partial charge in [-0.05, 0) is 26.0 Å². The summed E-state index contributed by atoms with van der Waals surface area (Å²) in [4.78, 5) is 9.40. The van der Waals surface area contributed by atoms with E-state index in [2.05, 4.69) is 34.7 Å². The molecule has 1 atom stereocenters. The monoisotopic (exact) mass is 249 g/mol. The van der Waals surface area contributed by atoms with Crippen LogP contribution >= 0.6 is 0 Å². The Kier molecular flexibility index (Phi) is 4.42. The predicted octanol–water partition coefficient (Wildman–Crippen LogP) is 2.01. The summed E-state index contributed by atoms with van der Waals surface area (Å²) in [5.74, 6) is 1.72. The van der Waals surface area contributed by atoms with Gasteiger partial charge in [-0.3, -0.25) is 4.90 Å². The number of piperazine rings is 1. The van der Waals surface area contributed by atoms with Crippen LogP contribution in [0.5, 0.6) is 5.88 Å². The molecule has 1 aliphatic rings. The zero-order chi connectivity index (χ0) is 13.0. The summed E-state index contributed by atoms with van der Waals surface area (Å²) in [6.07, 6.45) is 1.22. The number of ether oxygens (including phenoxy) is 1. The molecule has 0 aromatic carbocycles. The number of nitrogens with zero attached hydrogens (tertiary/aromatic N) is 3. The predicted molar refractivity (Wildman–Crippen MR) is 74.3 cm³/mol. The van der Waals surface area contributed by atoms with Crippen molar-refractivity contribution in [2.24, 2.45) is 0 Å². The largest absolute Gasteiger partial charge is 0.481 e. The number of anilines is 1. The summed E-state index contributed by atoms with van der Waals surface area (Å²) in [6.45, 7) is 8.93. The van der Waals surface area contributed by atoms with Gasteiger partial charge >= 0.3 is 0 Å². The molecule has 1 saturated heterocycles. The maximum absolute atomic E-state index is 5.18. The van der Waals surface area contributed by atoms with Crippen LogP contribution in [0, 0.1) is 0 Å². The number of hydrogen-bond acceptors (Lipinski definition) is 4. The normalized spacial score (nSPS) is 21.1. The Bertz CT molecular complexity index is 383. The summed E-state index contributed by atoms with van der Waals surface area (Å²) in [5.41, 5.74) is 0. The van der Waals surface area contributed by atoms with Crippen molar-refractivity contribution in [3.8, 4) is 5.88 Å². The highest BCUT2D eigenvalue weighted by atomic mass is 16.5. The van der Waals surface area contributed by atoms with Gasteiger partial charge in [-0.15, -0.1) is 0 Å². The van der Waals surface area contributed by atoms with E-state index in [1.54, 1.807) is 7.11 Å². The summed E-state index contributed by atoms with van der Waals surface area (Å²) < 4.78 is 5.18. The maximum atomic E-state index is 5.18. The minimum Gasteiger partial charge on any atom is -0.481 e. The van der Waals surface area contributed by atoms with Crippen LogP contribution in [-0.4, -0.2) is 49.2 Å². The molecular formula is C14H23N3O. The van der Waals surface area contributed by atoms with Crippen LogP contribution in [0.4, 0.5) is 5.82 Å². The molecule has 2 rings (SSSR count). The first kappa shape index (κ1) is 13.1. The quantitative estimate of drug-likeness (QED) is 0.816. The van der Waals surface area contributed by atoms with Crippen molar-refractivity contribution in [1.82, 2.24) is 9.88 Å². The Hall–Kier alpha value is -1.29. The highest BCUT2D eigenvalue weighted by molar-refractivity contribution is 5.41.